The molecule has 1 aliphatic carbocycles. The van der Waals surface area contributed by atoms with E-state index < -0.39 is 0 Å². The third-order valence-corrected chi connectivity index (χ3v) is 4.36. The van der Waals surface area contributed by atoms with Crippen molar-refractivity contribution in [1.29, 1.82) is 0 Å². The molecule has 2 fully saturated rings. The van der Waals surface area contributed by atoms with Gasteiger partial charge in [0.1, 0.15) is 0 Å². The van der Waals surface area contributed by atoms with Gasteiger partial charge in [-0.15, -0.1) is 0 Å². The number of carbonyl (C=O) groups is 2. The van der Waals surface area contributed by atoms with Gasteiger partial charge >= 0.3 is 0 Å². The fraction of sp³-hybridized carbons (Fsp3) is 0.867. The lowest BCUT2D eigenvalue weighted by atomic mass is 9.87. The largest absolute Gasteiger partial charge is 0.347 e. The number of amides is 2. The van der Waals surface area contributed by atoms with Gasteiger partial charge in [0, 0.05) is 32.1 Å². The molecule has 1 atom stereocenters. The topological polar surface area (TPSA) is 61.4 Å². The van der Waals surface area contributed by atoms with E-state index in [9.17, 15) is 9.59 Å². The summed E-state index contributed by atoms with van der Waals surface area (Å²) in [6.07, 6.45) is 6.71. The predicted octanol–water partition coefficient (Wildman–Crippen LogP) is 0.893. The van der Waals surface area contributed by atoms with Gasteiger partial charge in [-0.05, 0) is 25.7 Å². The predicted molar refractivity (Wildman–Crippen MR) is 78.2 cm³/mol. The van der Waals surface area contributed by atoms with Crippen molar-refractivity contribution in [3.05, 3.63) is 0 Å². The molecule has 0 bridgehead atoms. The van der Waals surface area contributed by atoms with Gasteiger partial charge in [0.2, 0.25) is 11.8 Å². The summed E-state index contributed by atoms with van der Waals surface area (Å²) in [7, 11) is 0. The van der Waals surface area contributed by atoms with Crippen LogP contribution in [-0.4, -0.2) is 48.9 Å². The molecule has 2 aliphatic rings. The molecule has 2 amide bonds. The Bertz CT molecular complexity index is 340. The van der Waals surface area contributed by atoms with E-state index in [1.807, 2.05) is 4.90 Å². The highest BCUT2D eigenvalue weighted by atomic mass is 16.2. The molecule has 1 unspecified atom stereocenters. The van der Waals surface area contributed by atoms with Crippen LogP contribution in [-0.2, 0) is 9.59 Å². The van der Waals surface area contributed by atoms with Crippen molar-refractivity contribution in [2.45, 2.75) is 51.5 Å². The molecule has 0 aromatic carbocycles. The Hall–Kier alpha value is -1.10. The number of carbonyl (C=O) groups excluding carboxylic acids is 2. The summed E-state index contributed by atoms with van der Waals surface area (Å²) in [6.45, 7) is 4.53. The van der Waals surface area contributed by atoms with Crippen molar-refractivity contribution in [2.24, 2.45) is 5.92 Å². The van der Waals surface area contributed by atoms with E-state index in [-0.39, 0.29) is 18.4 Å². The van der Waals surface area contributed by atoms with Gasteiger partial charge in [-0.2, -0.15) is 0 Å². The van der Waals surface area contributed by atoms with Crippen LogP contribution in [0.4, 0.5) is 0 Å². The number of nitrogens with one attached hydrogen (secondary N) is 2. The average Bonchev–Trinajstić information content (AvgIpc) is 2.46. The SMILES string of the molecule is CC1CN(C(=O)CNC(=O)CC2CCCCC2)CCN1. The van der Waals surface area contributed by atoms with Crippen LogP contribution in [0.5, 0.6) is 0 Å². The Morgan fingerprint density at radius 1 is 1.25 bits per heavy atom. The van der Waals surface area contributed by atoms with Crippen molar-refractivity contribution in [2.75, 3.05) is 26.2 Å². The van der Waals surface area contributed by atoms with E-state index in [1.54, 1.807) is 0 Å². The molecule has 5 nitrogen and oxygen atoms in total. The van der Waals surface area contributed by atoms with Crippen molar-refractivity contribution in [3.8, 4) is 0 Å². The first-order valence-corrected chi connectivity index (χ1v) is 7.93. The van der Waals surface area contributed by atoms with Crippen LogP contribution in [0.1, 0.15) is 45.4 Å². The summed E-state index contributed by atoms with van der Waals surface area (Å²) in [4.78, 5) is 25.7. The summed E-state index contributed by atoms with van der Waals surface area (Å²) in [5.41, 5.74) is 0. The Morgan fingerprint density at radius 2 is 2.00 bits per heavy atom. The molecule has 0 aromatic rings. The summed E-state index contributed by atoms with van der Waals surface area (Å²) < 4.78 is 0. The van der Waals surface area contributed by atoms with E-state index in [1.165, 1.54) is 19.3 Å². The minimum atomic E-state index is 0.0356. The van der Waals surface area contributed by atoms with Gasteiger partial charge in [-0.25, -0.2) is 0 Å². The maximum absolute atomic E-state index is 12.0. The summed E-state index contributed by atoms with van der Waals surface area (Å²) in [6, 6.07) is 0.339. The van der Waals surface area contributed by atoms with E-state index in [4.69, 9.17) is 0 Å². The van der Waals surface area contributed by atoms with Gasteiger partial charge in [0.05, 0.1) is 6.54 Å². The summed E-state index contributed by atoms with van der Waals surface area (Å²) in [5.74, 6) is 0.599. The highest BCUT2D eigenvalue weighted by molar-refractivity contribution is 5.84. The highest BCUT2D eigenvalue weighted by Crippen LogP contribution is 2.25. The quantitative estimate of drug-likeness (QED) is 0.804. The molecule has 1 aliphatic heterocycles. The Morgan fingerprint density at radius 3 is 2.70 bits per heavy atom. The average molecular weight is 281 g/mol. The van der Waals surface area contributed by atoms with E-state index in [0.29, 0.717) is 18.4 Å². The second-order valence-corrected chi connectivity index (χ2v) is 6.18. The monoisotopic (exact) mass is 281 g/mol. The molecular formula is C15H27N3O2. The van der Waals surface area contributed by atoms with E-state index in [2.05, 4.69) is 17.6 Å². The molecule has 1 saturated carbocycles. The zero-order chi connectivity index (χ0) is 14.4. The molecule has 1 heterocycles. The van der Waals surface area contributed by atoms with Crippen molar-refractivity contribution < 1.29 is 9.59 Å². The number of rotatable bonds is 4. The van der Waals surface area contributed by atoms with Crippen molar-refractivity contribution in [3.63, 3.8) is 0 Å². The van der Waals surface area contributed by atoms with E-state index in [0.717, 1.165) is 32.5 Å². The molecule has 114 valence electrons. The zero-order valence-electron chi connectivity index (χ0n) is 12.5. The Balaban J connectivity index is 1.65. The lowest BCUT2D eigenvalue weighted by Gasteiger charge is -2.32. The normalized spacial score (nSPS) is 24.4. The number of hydrogen-bond donors (Lipinski definition) is 2. The molecule has 2 rings (SSSR count). The van der Waals surface area contributed by atoms with Crippen LogP contribution in [0.15, 0.2) is 0 Å². The highest BCUT2D eigenvalue weighted by Gasteiger charge is 2.21. The van der Waals surface area contributed by atoms with Gasteiger partial charge in [-0.3, -0.25) is 9.59 Å². The fourth-order valence-electron chi connectivity index (χ4n) is 3.17. The number of nitrogens with zero attached hydrogens (tertiary/aromatic N) is 1. The first-order valence-electron chi connectivity index (χ1n) is 7.93. The molecule has 5 heteroatoms. The van der Waals surface area contributed by atoms with Crippen molar-refractivity contribution >= 4 is 11.8 Å². The van der Waals surface area contributed by atoms with Crippen LogP contribution < -0.4 is 10.6 Å². The third kappa shape index (κ3) is 4.78. The molecular weight excluding hydrogens is 254 g/mol. The smallest absolute Gasteiger partial charge is 0.242 e. The van der Waals surface area contributed by atoms with Crippen LogP contribution >= 0.6 is 0 Å². The molecule has 0 aromatic heterocycles. The molecule has 2 N–H and O–H groups in total. The number of hydrogen-bond acceptors (Lipinski definition) is 3. The van der Waals surface area contributed by atoms with Crippen LogP contribution in [0, 0.1) is 5.92 Å². The molecule has 20 heavy (non-hydrogen) atoms. The lowest BCUT2D eigenvalue weighted by Crippen LogP contribution is -2.53. The maximum Gasteiger partial charge on any atom is 0.242 e. The first kappa shape index (κ1) is 15.3. The first-order chi connectivity index (χ1) is 9.65. The standard InChI is InChI=1S/C15H27N3O2/c1-12-11-18(8-7-16-12)15(20)10-17-14(19)9-13-5-3-2-4-6-13/h12-13,16H,2-11H2,1H3,(H,17,19). The van der Waals surface area contributed by atoms with Crippen LogP contribution in [0.3, 0.4) is 0 Å². The molecule has 0 spiro atoms. The van der Waals surface area contributed by atoms with Gasteiger partial charge in [-0.1, -0.05) is 19.3 Å². The summed E-state index contributed by atoms with van der Waals surface area (Å²) >= 11 is 0. The van der Waals surface area contributed by atoms with Gasteiger partial charge in [0.25, 0.3) is 0 Å². The van der Waals surface area contributed by atoms with Gasteiger partial charge < -0.3 is 15.5 Å². The van der Waals surface area contributed by atoms with Crippen LogP contribution in [0.25, 0.3) is 0 Å². The fourth-order valence-corrected chi connectivity index (χ4v) is 3.17. The zero-order valence-corrected chi connectivity index (χ0v) is 12.5. The Kier molecular flexibility index (Phi) is 5.83. The van der Waals surface area contributed by atoms with Crippen molar-refractivity contribution in [1.82, 2.24) is 15.5 Å². The molecule has 0 radical (unpaired) electrons. The maximum atomic E-state index is 12.0. The van der Waals surface area contributed by atoms with Gasteiger partial charge in [0.15, 0.2) is 0 Å². The minimum absolute atomic E-state index is 0.0356. The Labute approximate surface area is 121 Å². The summed E-state index contributed by atoms with van der Waals surface area (Å²) in [5, 5.41) is 6.10. The van der Waals surface area contributed by atoms with E-state index >= 15 is 0 Å². The lowest BCUT2D eigenvalue weighted by molar-refractivity contribution is -0.134. The molecule has 1 saturated heterocycles. The second kappa shape index (κ2) is 7.62. The minimum Gasteiger partial charge on any atom is -0.347 e. The second-order valence-electron chi connectivity index (χ2n) is 6.18. The van der Waals surface area contributed by atoms with Crippen LogP contribution in [0.2, 0.25) is 0 Å². The number of piperazine rings is 1. The third-order valence-electron chi connectivity index (χ3n) is 4.36.